The predicted octanol–water partition coefficient (Wildman–Crippen LogP) is 2.04. The fourth-order valence-electron chi connectivity index (χ4n) is 3.49. The summed E-state index contributed by atoms with van der Waals surface area (Å²) in [6, 6.07) is 12.8. The molecule has 1 aromatic carbocycles. The summed E-state index contributed by atoms with van der Waals surface area (Å²) in [5.41, 5.74) is 2.42. The van der Waals surface area contributed by atoms with Gasteiger partial charge in [-0.25, -0.2) is 0 Å². The van der Waals surface area contributed by atoms with Crippen LogP contribution in [0.2, 0.25) is 0 Å². The zero-order chi connectivity index (χ0) is 14.9. The first kappa shape index (κ1) is 13.5. The van der Waals surface area contributed by atoms with Crippen LogP contribution in [0.4, 0.5) is 0 Å². The number of amides is 1. The lowest BCUT2D eigenvalue weighted by Gasteiger charge is -2.23. The fourth-order valence-corrected chi connectivity index (χ4v) is 3.49. The molecule has 2 aliphatic rings. The van der Waals surface area contributed by atoms with Crippen molar-refractivity contribution < 1.29 is 4.79 Å². The standard InChI is InChI=1S/C17H20N4O/c22-17(21-9-8-13-6-7-14(11-21)18-13)16-10-15(19-20-16)12-4-2-1-3-5-12/h1-5,10,13-14,18H,6-9,11H2,(H,19,20). The molecule has 0 radical (unpaired) electrons. The predicted molar refractivity (Wildman–Crippen MR) is 84.5 cm³/mol. The lowest BCUT2D eigenvalue weighted by atomic mass is 10.1. The molecule has 0 spiro atoms. The van der Waals surface area contributed by atoms with Gasteiger partial charge in [-0.15, -0.1) is 0 Å². The highest BCUT2D eigenvalue weighted by Crippen LogP contribution is 2.22. The number of carbonyl (C=O) groups is 1. The van der Waals surface area contributed by atoms with Crippen LogP contribution in [0.5, 0.6) is 0 Å². The van der Waals surface area contributed by atoms with Crippen molar-refractivity contribution in [2.24, 2.45) is 0 Å². The van der Waals surface area contributed by atoms with Crippen molar-refractivity contribution in [2.75, 3.05) is 13.1 Å². The normalized spacial score (nSPS) is 24.3. The minimum Gasteiger partial charge on any atom is -0.336 e. The summed E-state index contributed by atoms with van der Waals surface area (Å²) < 4.78 is 0. The van der Waals surface area contributed by atoms with Gasteiger partial charge in [0.2, 0.25) is 0 Å². The van der Waals surface area contributed by atoms with Crippen molar-refractivity contribution >= 4 is 5.91 Å². The van der Waals surface area contributed by atoms with Gasteiger partial charge in [0, 0.05) is 30.7 Å². The molecular formula is C17H20N4O. The maximum atomic E-state index is 12.7. The Bertz CT molecular complexity index is 666. The summed E-state index contributed by atoms with van der Waals surface area (Å²) in [4.78, 5) is 14.7. The molecule has 2 atom stereocenters. The van der Waals surface area contributed by atoms with Gasteiger partial charge in [0.1, 0.15) is 5.69 Å². The second-order valence-corrected chi connectivity index (χ2v) is 6.21. The van der Waals surface area contributed by atoms with Crippen LogP contribution in [0.15, 0.2) is 36.4 Å². The van der Waals surface area contributed by atoms with Crippen molar-refractivity contribution in [3.63, 3.8) is 0 Å². The molecule has 5 nitrogen and oxygen atoms in total. The van der Waals surface area contributed by atoms with Gasteiger partial charge in [-0.3, -0.25) is 9.89 Å². The lowest BCUT2D eigenvalue weighted by Crippen LogP contribution is -2.39. The van der Waals surface area contributed by atoms with Crippen LogP contribution in [0.3, 0.4) is 0 Å². The van der Waals surface area contributed by atoms with E-state index in [0.29, 0.717) is 17.8 Å². The molecule has 2 unspecified atom stereocenters. The number of H-pyrrole nitrogens is 1. The molecule has 2 saturated heterocycles. The maximum Gasteiger partial charge on any atom is 0.271 e. The molecule has 0 saturated carbocycles. The first-order valence-electron chi connectivity index (χ1n) is 7.96. The zero-order valence-corrected chi connectivity index (χ0v) is 12.5. The van der Waals surface area contributed by atoms with Crippen LogP contribution in [0.1, 0.15) is 29.8 Å². The van der Waals surface area contributed by atoms with E-state index in [9.17, 15) is 4.79 Å². The number of benzene rings is 1. The van der Waals surface area contributed by atoms with Crippen molar-refractivity contribution in [1.29, 1.82) is 0 Å². The van der Waals surface area contributed by atoms with Crippen LogP contribution in [-0.4, -0.2) is 46.2 Å². The largest absolute Gasteiger partial charge is 0.336 e. The molecule has 5 heteroatoms. The summed E-state index contributed by atoms with van der Waals surface area (Å²) in [5, 5.41) is 10.8. The third-order valence-corrected chi connectivity index (χ3v) is 4.69. The van der Waals surface area contributed by atoms with Gasteiger partial charge in [0.25, 0.3) is 5.91 Å². The van der Waals surface area contributed by atoms with E-state index < -0.39 is 0 Å². The quantitative estimate of drug-likeness (QED) is 0.891. The van der Waals surface area contributed by atoms with Gasteiger partial charge < -0.3 is 10.2 Å². The number of fused-ring (bicyclic) bond motifs is 2. The van der Waals surface area contributed by atoms with Gasteiger partial charge in [-0.2, -0.15) is 5.10 Å². The lowest BCUT2D eigenvalue weighted by molar-refractivity contribution is 0.0742. The molecule has 22 heavy (non-hydrogen) atoms. The van der Waals surface area contributed by atoms with Gasteiger partial charge in [-0.05, 0) is 25.3 Å². The Morgan fingerprint density at radius 3 is 2.82 bits per heavy atom. The summed E-state index contributed by atoms with van der Waals surface area (Å²) in [6.07, 6.45) is 3.46. The Morgan fingerprint density at radius 1 is 1.14 bits per heavy atom. The van der Waals surface area contributed by atoms with Crippen LogP contribution in [0, 0.1) is 0 Å². The average molecular weight is 296 g/mol. The molecule has 114 valence electrons. The fraction of sp³-hybridized carbons (Fsp3) is 0.412. The van der Waals surface area contributed by atoms with Crippen molar-refractivity contribution in [1.82, 2.24) is 20.4 Å². The Morgan fingerprint density at radius 2 is 1.95 bits per heavy atom. The molecule has 1 aromatic heterocycles. The Labute approximate surface area is 129 Å². The van der Waals surface area contributed by atoms with Crippen LogP contribution in [0.25, 0.3) is 11.3 Å². The molecular weight excluding hydrogens is 276 g/mol. The molecule has 2 N–H and O–H groups in total. The number of rotatable bonds is 2. The highest BCUT2D eigenvalue weighted by atomic mass is 16.2. The highest BCUT2D eigenvalue weighted by molar-refractivity contribution is 5.93. The van der Waals surface area contributed by atoms with Crippen molar-refractivity contribution in [2.45, 2.75) is 31.3 Å². The highest BCUT2D eigenvalue weighted by Gasteiger charge is 2.31. The summed E-state index contributed by atoms with van der Waals surface area (Å²) in [5.74, 6) is 0.0593. The topological polar surface area (TPSA) is 61.0 Å². The number of nitrogens with one attached hydrogen (secondary N) is 2. The smallest absolute Gasteiger partial charge is 0.271 e. The van der Waals surface area contributed by atoms with E-state index in [2.05, 4.69) is 15.5 Å². The second-order valence-electron chi connectivity index (χ2n) is 6.21. The Balaban J connectivity index is 1.52. The third-order valence-electron chi connectivity index (χ3n) is 4.69. The molecule has 2 aliphatic heterocycles. The van der Waals surface area contributed by atoms with Gasteiger partial charge >= 0.3 is 0 Å². The zero-order valence-electron chi connectivity index (χ0n) is 12.5. The Kier molecular flexibility index (Phi) is 3.42. The van der Waals surface area contributed by atoms with E-state index in [-0.39, 0.29) is 5.91 Å². The first-order valence-corrected chi connectivity index (χ1v) is 7.96. The second kappa shape index (κ2) is 5.57. The SMILES string of the molecule is O=C(c1cc(-c2ccccc2)n[nH]1)N1CCC2CCC(C1)N2. The monoisotopic (exact) mass is 296 g/mol. The molecule has 2 bridgehead atoms. The minimum absolute atomic E-state index is 0.0593. The van der Waals surface area contributed by atoms with Gasteiger partial charge in [-0.1, -0.05) is 30.3 Å². The molecule has 3 heterocycles. The van der Waals surface area contributed by atoms with Crippen molar-refractivity contribution in [3.8, 4) is 11.3 Å². The van der Waals surface area contributed by atoms with Crippen LogP contribution >= 0.6 is 0 Å². The number of nitrogens with zero attached hydrogens (tertiary/aromatic N) is 2. The number of hydrogen-bond donors (Lipinski definition) is 2. The minimum atomic E-state index is 0.0593. The van der Waals surface area contributed by atoms with E-state index in [0.717, 1.165) is 30.8 Å². The maximum absolute atomic E-state index is 12.7. The number of hydrogen-bond acceptors (Lipinski definition) is 3. The summed E-state index contributed by atoms with van der Waals surface area (Å²) >= 11 is 0. The Hall–Kier alpha value is -2.14. The van der Waals surface area contributed by atoms with E-state index in [1.807, 2.05) is 41.3 Å². The van der Waals surface area contributed by atoms with Crippen LogP contribution < -0.4 is 5.32 Å². The first-order chi connectivity index (χ1) is 10.8. The molecule has 2 fully saturated rings. The molecule has 0 aliphatic carbocycles. The van der Waals surface area contributed by atoms with Crippen LogP contribution in [-0.2, 0) is 0 Å². The van der Waals surface area contributed by atoms with Gasteiger partial charge in [0.15, 0.2) is 0 Å². The van der Waals surface area contributed by atoms with E-state index in [4.69, 9.17) is 0 Å². The van der Waals surface area contributed by atoms with E-state index in [1.165, 1.54) is 12.8 Å². The average Bonchev–Trinajstić information content (AvgIpc) is 3.14. The van der Waals surface area contributed by atoms with Gasteiger partial charge in [0.05, 0.1) is 5.69 Å². The third kappa shape index (κ3) is 2.52. The number of likely N-dealkylation sites (tertiary alicyclic amines) is 1. The molecule has 2 aromatic rings. The van der Waals surface area contributed by atoms with Crippen molar-refractivity contribution in [3.05, 3.63) is 42.1 Å². The van der Waals surface area contributed by atoms with E-state index >= 15 is 0 Å². The summed E-state index contributed by atoms with van der Waals surface area (Å²) in [6.45, 7) is 1.63. The number of carbonyl (C=O) groups excluding carboxylic acids is 1. The molecule has 4 rings (SSSR count). The molecule has 1 amide bonds. The number of aromatic amines is 1. The summed E-state index contributed by atoms with van der Waals surface area (Å²) in [7, 11) is 0. The number of aromatic nitrogens is 2. The van der Waals surface area contributed by atoms with E-state index in [1.54, 1.807) is 0 Å².